The molecule has 1 amide bonds. The Morgan fingerprint density at radius 2 is 2.00 bits per heavy atom. The van der Waals surface area contributed by atoms with Gasteiger partial charge in [-0.3, -0.25) is 4.79 Å². The second-order valence-corrected chi connectivity index (χ2v) is 5.94. The van der Waals surface area contributed by atoms with Gasteiger partial charge < -0.3 is 11.1 Å². The predicted molar refractivity (Wildman–Crippen MR) is 77.8 cm³/mol. The molecule has 1 aliphatic rings. The summed E-state index contributed by atoms with van der Waals surface area (Å²) in [4.78, 5) is 11.9. The molecule has 0 spiro atoms. The first-order chi connectivity index (χ1) is 8.09. The summed E-state index contributed by atoms with van der Waals surface area (Å²) in [6.07, 6.45) is 4.65. The van der Waals surface area contributed by atoms with Gasteiger partial charge in [0.05, 0.1) is 5.69 Å². The molecule has 1 saturated carbocycles. The lowest BCUT2D eigenvalue weighted by molar-refractivity contribution is -0.117. The van der Waals surface area contributed by atoms with Gasteiger partial charge in [-0.15, -0.1) is 0 Å². The molecule has 92 valence electrons. The SMILES string of the molecule is NC1(CC(=O)Nc2ccccc2I)CCCC1. The Morgan fingerprint density at radius 3 is 2.65 bits per heavy atom. The molecule has 0 aromatic heterocycles. The molecule has 0 atom stereocenters. The van der Waals surface area contributed by atoms with E-state index in [9.17, 15) is 4.79 Å². The van der Waals surface area contributed by atoms with Gasteiger partial charge in [-0.25, -0.2) is 0 Å². The van der Waals surface area contributed by atoms with Crippen molar-refractivity contribution in [2.24, 2.45) is 5.73 Å². The number of amides is 1. The van der Waals surface area contributed by atoms with Crippen LogP contribution in [0, 0.1) is 3.57 Å². The second-order valence-electron chi connectivity index (χ2n) is 4.77. The number of hydrogen-bond donors (Lipinski definition) is 2. The molecule has 0 aliphatic heterocycles. The van der Waals surface area contributed by atoms with Crippen molar-refractivity contribution < 1.29 is 4.79 Å². The molecule has 3 N–H and O–H groups in total. The third kappa shape index (κ3) is 3.42. The Morgan fingerprint density at radius 1 is 1.35 bits per heavy atom. The average molecular weight is 344 g/mol. The lowest BCUT2D eigenvalue weighted by Crippen LogP contribution is -2.40. The van der Waals surface area contributed by atoms with Crippen LogP contribution >= 0.6 is 22.6 Å². The topological polar surface area (TPSA) is 55.1 Å². The number of carbonyl (C=O) groups is 1. The van der Waals surface area contributed by atoms with Gasteiger partial charge >= 0.3 is 0 Å². The highest BCUT2D eigenvalue weighted by Crippen LogP contribution is 2.30. The molecule has 4 heteroatoms. The fourth-order valence-electron chi connectivity index (χ4n) is 2.33. The minimum absolute atomic E-state index is 0.0264. The van der Waals surface area contributed by atoms with Crippen LogP contribution in [-0.4, -0.2) is 11.4 Å². The number of hydrogen-bond acceptors (Lipinski definition) is 2. The molecule has 0 heterocycles. The van der Waals surface area contributed by atoms with Crippen LogP contribution in [-0.2, 0) is 4.79 Å². The number of rotatable bonds is 3. The van der Waals surface area contributed by atoms with E-state index in [0.717, 1.165) is 34.9 Å². The van der Waals surface area contributed by atoms with Crippen molar-refractivity contribution in [2.45, 2.75) is 37.6 Å². The molecule has 1 aromatic carbocycles. The summed E-state index contributed by atoms with van der Waals surface area (Å²) < 4.78 is 1.05. The molecular formula is C13H17IN2O. The number of nitrogens with one attached hydrogen (secondary N) is 1. The van der Waals surface area contributed by atoms with Gasteiger partial charge in [-0.05, 0) is 47.6 Å². The summed E-state index contributed by atoms with van der Waals surface area (Å²) in [6.45, 7) is 0. The highest BCUT2D eigenvalue weighted by Gasteiger charge is 2.31. The Balaban J connectivity index is 1.96. The van der Waals surface area contributed by atoms with Crippen LogP contribution in [0.3, 0.4) is 0 Å². The quantitative estimate of drug-likeness (QED) is 0.829. The summed E-state index contributed by atoms with van der Waals surface area (Å²) in [5, 5.41) is 2.94. The van der Waals surface area contributed by atoms with Gasteiger partial charge in [-0.2, -0.15) is 0 Å². The van der Waals surface area contributed by atoms with Crippen molar-refractivity contribution in [3.05, 3.63) is 27.8 Å². The zero-order valence-corrected chi connectivity index (χ0v) is 11.9. The van der Waals surface area contributed by atoms with Crippen molar-refractivity contribution in [2.75, 3.05) is 5.32 Å². The van der Waals surface area contributed by atoms with Crippen LogP contribution < -0.4 is 11.1 Å². The molecule has 17 heavy (non-hydrogen) atoms. The highest BCUT2D eigenvalue weighted by molar-refractivity contribution is 14.1. The standard InChI is InChI=1S/C13H17IN2O/c14-10-5-1-2-6-11(10)16-12(17)9-13(15)7-3-4-8-13/h1-2,5-6H,3-4,7-9,15H2,(H,16,17). The van der Waals surface area contributed by atoms with E-state index in [1.54, 1.807) is 0 Å². The van der Waals surface area contributed by atoms with Gasteiger partial charge in [0, 0.05) is 15.5 Å². The van der Waals surface area contributed by atoms with Crippen molar-refractivity contribution in [1.82, 2.24) is 0 Å². The number of carbonyl (C=O) groups excluding carboxylic acids is 1. The van der Waals surface area contributed by atoms with E-state index in [0.29, 0.717) is 6.42 Å². The number of halogens is 1. The van der Waals surface area contributed by atoms with Gasteiger partial charge in [0.2, 0.25) is 5.91 Å². The molecule has 1 aliphatic carbocycles. The summed E-state index contributed by atoms with van der Waals surface area (Å²) >= 11 is 2.22. The minimum atomic E-state index is -0.274. The summed E-state index contributed by atoms with van der Waals surface area (Å²) in [7, 11) is 0. The fourth-order valence-corrected chi connectivity index (χ4v) is 2.85. The van der Waals surface area contributed by atoms with Crippen molar-refractivity contribution >= 4 is 34.2 Å². The first kappa shape index (κ1) is 12.8. The third-order valence-electron chi connectivity index (χ3n) is 3.26. The first-order valence-electron chi connectivity index (χ1n) is 5.92. The number of benzene rings is 1. The fraction of sp³-hybridized carbons (Fsp3) is 0.462. The highest BCUT2D eigenvalue weighted by atomic mass is 127. The van der Waals surface area contributed by atoms with Gasteiger partial charge in [-0.1, -0.05) is 25.0 Å². The molecule has 1 aromatic rings. The van der Waals surface area contributed by atoms with Crippen LogP contribution in [0.25, 0.3) is 0 Å². The predicted octanol–water partition coefficient (Wildman–Crippen LogP) is 2.89. The number of nitrogens with two attached hydrogens (primary N) is 1. The maximum Gasteiger partial charge on any atom is 0.226 e. The monoisotopic (exact) mass is 344 g/mol. The van der Waals surface area contributed by atoms with Crippen LogP contribution in [0.1, 0.15) is 32.1 Å². The lowest BCUT2D eigenvalue weighted by atomic mass is 9.94. The molecule has 1 fully saturated rings. The zero-order valence-electron chi connectivity index (χ0n) is 9.71. The van der Waals surface area contributed by atoms with Gasteiger partial charge in [0.15, 0.2) is 0 Å². The maximum atomic E-state index is 11.9. The Kier molecular flexibility index (Phi) is 4.04. The summed E-state index contributed by atoms with van der Waals surface area (Å²) in [5.74, 6) is 0.0264. The van der Waals surface area contributed by atoms with E-state index in [1.807, 2.05) is 24.3 Å². The number of para-hydroxylation sites is 1. The molecule has 3 nitrogen and oxygen atoms in total. The molecule has 0 bridgehead atoms. The van der Waals surface area contributed by atoms with Crippen molar-refractivity contribution in [3.8, 4) is 0 Å². The number of anilines is 1. The van der Waals surface area contributed by atoms with E-state index in [2.05, 4.69) is 27.9 Å². The normalized spacial score (nSPS) is 18.0. The Hall–Kier alpha value is -0.620. The second kappa shape index (κ2) is 5.35. The third-order valence-corrected chi connectivity index (χ3v) is 4.20. The van der Waals surface area contributed by atoms with Crippen LogP contribution in [0.4, 0.5) is 5.69 Å². The maximum absolute atomic E-state index is 11.9. The first-order valence-corrected chi connectivity index (χ1v) is 7.00. The largest absolute Gasteiger partial charge is 0.325 e. The average Bonchev–Trinajstić information content (AvgIpc) is 2.68. The molecule has 0 unspecified atom stereocenters. The van der Waals surface area contributed by atoms with Crippen LogP contribution in [0.2, 0.25) is 0 Å². The zero-order chi connectivity index (χ0) is 12.3. The summed E-state index contributed by atoms with van der Waals surface area (Å²) in [5.41, 5.74) is 6.79. The minimum Gasteiger partial charge on any atom is -0.325 e. The molecule has 2 rings (SSSR count). The smallest absolute Gasteiger partial charge is 0.226 e. The van der Waals surface area contributed by atoms with Gasteiger partial charge in [0.1, 0.15) is 0 Å². The van der Waals surface area contributed by atoms with E-state index < -0.39 is 0 Å². The van der Waals surface area contributed by atoms with Crippen LogP contribution in [0.15, 0.2) is 24.3 Å². The van der Waals surface area contributed by atoms with E-state index in [1.165, 1.54) is 0 Å². The Bertz CT molecular complexity index is 414. The molecule has 0 radical (unpaired) electrons. The lowest BCUT2D eigenvalue weighted by Gasteiger charge is -2.22. The summed E-state index contributed by atoms with van der Waals surface area (Å²) in [6, 6.07) is 7.77. The van der Waals surface area contributed by atoms with E-state index in [4.69, 9.17) is 5.73 Å². The molecular weight excluding hydrogens is 327 g/mol. The van der Waals surface area contributed by atoms with Crippen molar-refractivity contribution in [3.63, 3.8) is 0 Å². The van der Waals surface area contributed by atoms with E-state index >= 15 is 0 Å². The van der Waals surface area contributed by atoms with E-state index in [-0.39, 0.29) is 11.4 Å². The van der Waals surface area contributed by atoms with Gasteiger partial charge in [0.25, 0.3) is 0 Å². The van der Waals surface area contributed by atoms with Crippen molar-refractivity contribution in [1.29, 1.82) is 0 Å². The Labute approximate surface area is 115 Å². The van der Waals surface area contributed by atoms with Crippen LogP contribution in [0.5, 0.6) is 0 Å². The molecule has 0 saturated heterocycles.